The van der Waals surface area contributed by atoms with Gasteiger partial charge in [-0.3, -0.25) is 4.79 Å². The Morgan fingerprint density at radius 2 is 1.63 bits per heavy atom. The van der Waals surface area contributed by atoms with Gasteiger partial charge in [0, 0.05) is 10.0 Å². The van der Waals surface area contributed by atoms with Gasteiger partial charge in [-0.15, -0.1) is 0 Å². The molecule has 0 saturated heterocycles. The molecule has 19 heavy (non-hydrogen) atoms. The molecular formula is C13H7BrF4O. The van der Waals surface area contributed by atoms with Crippen molar-refractivity contribution in [2.24, 2.45) is 0 Å². The molecule has 0 aliphatic carbocycles. The number of carbonyl (C=O) groups is 1. The first-order valence-electron chi connectivity index (χ1n) is 5.23. The van der Waals surface area contributed by atoms with Gasteiger partial charge in [-0.2, -0.15) is 8.78 Å². The zero-order valence-corrected chi connectivity index (χ0v) is 10.9. The third-order valence-corrected chi connectivity index (χ3v) is 3.38. The monoisotopic (exact) mass is 334 g/mol. The van der Waals surface area contributed by atoms with Crippen molar-refractivity contribution in [2.75, 3.05) is 0 Å². The van der Waals surface area contributed by atoms with Gasteiger partial charge in [0.25, 0.3) is 0 Å². The molecule has 0 N–H and O–H groups in total. The number of hydrogen-bond donors (Lipinski definition) is 0. The average molecular weight is 335 g/mol. The van der Waals surface area contributed by atoms with Gasteiger partial charge >= 0.3 is 12.3 Å². The quantitative estimate of drug-likeness (QED) is 0.588. The maximum absolute atomic E-state index is 13.1. The molecule has 2 aromatic rings. The fraction of sp³-hybridized carbons (Fsp3) is 0.154. The third-order valence-electron chi connectivity index (χ3n) is 2.69. The van der Waals surface area contributed by atoms with Crippen LogP contribution >= 0.6 is 15.9 Å². The lowest BCUT2D eigenvalue weighted by Gasteiger charge is -2.15. The van der Waals surface area contributed by atoms with Gasteiger partial charge in [0.2, 0.25) is 5.78 Å². The van der Waals surface area contributed by atoms with E-state index in [9.17, 15) is 22.4 Å². The van der Waals surface area contributed by atoms with E-state index >= 15 is 0 Å². The number of hydrogen-bond acceptors (Lipinski definition) is 1. The highest BCUT2D eigenvalue weighted by Gasteiger charge is 2.49. The molecule has 0 aromatic heterocycles. The molecule has 1 nitrogen and oxygen atoms in total. The second kappa shape index (κ2) is 4.92. The van der Waals surface area contributed by atoms with Crippen LogP contribution in [0.3, 0.4) is 0 Å². The van der Waals surface area contributed by atoms with E-state index in [1.54, 1.807) is 18.2 Å². The van der Waals surface area contributed by atoms with E-state index in [0.717, 1.165) is 6.07 Å². The number of ketones is 1. The van der Waals surface area contributed by atoms with E-state index in [-0.39, 0.29) is 5.39 Å². The number of carbonyl (C=O) groups excluding carboxylic acids is 1. The number of fused-ring (bicyclic) bond motifs is 1. The molecule has 0 fully saturated rings. The summed E-state index contributed by atoms with van der Waals surface area (Å²) in [5.74, 6) is -6.55. The summed E-state index contributed by atoms with van der Waals surface area (Å²) in [4.78, 5) is 11.6. The fourth-order valence-corrected chi connectivity index (χ4v) is 2.22. The highest BCUT2D eigenvalue weighted by atomic mass is 79.9. The number of halogens is 5. The SMILES string of the molecule is O=C(c1ccc(Br)c2ccccc12)C(F)(F)C(F)F. The van der Waals surface area contributed by atoms with Gasteiger partial charge in [-0.05, 0) is 22.9 Å². The molecule has 0 amide bonds. The zero-order valence-electron chi connectivity index (χ0n) is 9.34. The summed E-state index contributed by atoms with van der Waals surface area (Å²) in [6.07, 6.45) is -4.03. The van der Waals surface area contributed by atoms with Crippen LogP contribution in [0.5, 0.6) is 0 Å². The van der Waals surface area contributed by atoms with Crippen molar-refractivity contribution in [3.8, 4) is 0 Å². The predicted molar refractivity (Wildman–Crippen MR) is 66.9 cm³/mol. The number of Topliss-reactive ketones (excluding diaryl/α,β-unsaturated/α-hetero) is 1. The molecule has 0 aliphatic rings. The fourth-order valence-electron chi connectivity index (χ4n) is 1.74. The predicted octanol–water partition coefficient (Wildman–Crippen LogP) is 4.69. The van der Waals surface area contributed by atoms with Crippen molar-refractivity contribution in [2.45, 2.75) is 12.3 Å². The van der Waals surface area contributed by atoms with Gasteiger partial charge in [-0.25, -0.2) is 8.78 Å². The molecule has 0 spiro atoms. The summed E-state index contributed by atoms with van der Waals surface area (Å²) in [5, 5.41) is 0.723. The van der Waals surface area contributed by atoms with Crippen LogP contribution in [0.4, 0.5) is 17.6 Å². The molecule has 0 saturated carbocycles. The van der Waals surface area contributed by atoms with E-state index in [1.165, 1.54) is 12.1 Å². The van der Waals surface area contributed by atoms with Crippen molar-refractivity contribution in [3.63, 3.8) is 0 Å². The van der Waals surface area contributed by atoms with E-state index < -0.39 is 23.7 Å². The van der Waals surface area contributed by atoms with Crippen LogP contribution in [0.2, 0.25) is 0 Å². The van der Waals surface area contributed by atoms with E-state index in [2.05, 4.69) is 15.9 Å². The molecule has 100 valence electrons. The Kier molecular flexibility index (Phi) is 3.62. The number of rotatable bonds is 3. The molecule has 2 aromatic carbocycles. The highest BCUT2D eigenvalue weighted by molar-refractivity contribution is 9.10. The summed E-state index contributed by atoms with van der Waals surface area (Å²) in [5.41, 5.74) is -0.413. The Morgan fingerprint density at radius 3 is 2.21 bits per heavy atom. The van der Waals surface area contributed by atoms with Gasteiger partial charge < -0.3 is 0 Å². The molecule has 0 bridgehead atoms. The lowest BCUT2D eigenvalue weighted by Crippen LogP contribution is -2.36. The average Bonchev–Trinajstić information content (AvgIpc) is 2.38. The van der Waals surface area contributed by atoms with E-state index in [0.29, 0.717) is 9.86 Å². The maximum atomic E-state index is 13.1. The molecule has 0 radical (unpaired) electrons. The number of alkyl halides is 4. The lowest BCUT2D eigenvalue weighted by molar-refractivity contribution is -0.0957. The van der Waals surface area contributed by atoms with Gasteiger partial charge in [0.1, 0.15) is 0 Å². The van der Waals surface area contributed by atoms with E-state index in [1.807, 2.05) is 0 Å². The van der Waals surface area contributed by atoms with Crippen LogP contribution in [0.25, 0.3) is 10.8 Å². The van der Waals surface area contributed by atoms with Crippen LogP contribution in [0, 0.1) is 0 Å². The maximum Gasteiger partial charge on any atom is 0.368 e. The largest absolute Gasteiger partial charge is 0.368 e. The molecule has 0 aliphatic heterocycles. The smallest absolute Gasteiger partial charge is 0.287 e. The van der Waals surface area contributed by atoms with Gasteiger partial charge in [-0.1, -0.05) is 40.2 Å². The summed E-state index contributed by atoms with van der Waals surface area (Å²) in [6.45, 7) is 0. The molecule has 2 rings (SSSR count). The van der Waals surface area contributed by atoms with E-state index in [4.69, 9.17) is 0 Å². The molecule has 0 heterocycles. The highest BCUT2D eigenvalue weighted by Crippen LogP contribution is 2.33. The zero-order chi connectivity index (χ0) is 14.2. The molecule has 0 unspecified atom stereocenters. The van der Waals surface area contributed by atoms with Crippen molar-refractivity contribution in [1.82, 2.24) is 0 Å². The summed E-state index contributed by atoms with van der Waals surface area (Å²) < 4.78 is 51.4. The standard InChI is InChI=1S/C13H7BrF4O/c14-10-6-5-9(7-3-1-2-4-8(7)10)11(19)13(17,18)12(15)16/h1-6,12H. The normalized spacial score (nSPS) is 12.1. The lowest BCUT2D eigenvalue weighted by atomic mass is 9.98. The molecular weight excluding hydrogens is 328 g/mol. The van der Waals surface area contributed by atoms with Gasteiger partial charge in [0.15, 0.2) is 0 Å². The van der Waals surface area contributed by atoms with Crippen LogP contribution < -0.4 is 0 Å². The molecule has 0 atom stereocenters. The minimum atomic E-state index is -4.68. The first kappa shape index (κ1) is 14.0. The van der Waals surface area contributed by atoms with Crippen molar-refractivity contribution in [1.29, 1.82) is 0 Å². The second-order valence-corrected chi connectivity index (χ2v) is 4.75. The van der Waals surface area contributed by atoms with Crippen LogP contribution in [0.15, 0.2) is 40.9 Å². The molecule has 6 heteroatoms. The van der Waals surface area contributed by atoms with Crippen LogP contribution in [-0.2, 0) is 0 Å². The second-order valence-electron chi connectivity index (χ2n) is 3.89. The Labute approximate surface area is 114 Å². The van der Waals surface area contributed by atoms with Gasteiger partial charge in [0.05, 0.1) is 0 Å². The first-order chi connectivity index (χ1) is 8.85. The van der Waals surface area contributed by atoms with Crippen molar-refractivity contribution < 1.29 is 22.4 Å². The minimum Gasteiger partial charge on any atom is -0.287 e. The third kappa shape index (κ3) is 2.36. The Morgan fingerprint density at radius 1 is 1.05 bits per heavy atom. The Bertz CT molecular complexity index is 640. The topological polar surface area (TPSA) is 17.1 Å². The number of benzene rings is 2. The van der Waals surface area contributed by atoms with Crippen molar-refractivity contribution in [3.05, 3.63) is 46.4 Å². The Hall–Kier alpha value is -1.43. The Balaban J connectivity index is 2.65. The van der Waals surface area contributed by atoms with Crippen molar-refractivity contribution >= 4 is 32.5 Å². The first-order valence-corrected chi connectivity index (χ1v) is 6.03. The summed E-state index contributed by atoms with van der Waals surface area (Å²) in [6, 6.07) is 8.76. The minimum absolute atomic E-state index is 0.210. The summed E-state index contributed by atoms with van der Waals surface area (Å²) >= 11 is 3.21. The summed E-state index contributed by atoms with van der Waals surface area (Å²) in [7, 11) is 0. The van der Waals surface area contributed by atoms with Crippen LogP contribution in [0.1, 0.15) is 10.4 Å². The van der Waals surface area contributed by atoms with Crippen LogP contribution in [-0.4, -0.2) is 18.1 Å².